The Hall–Kier alpha value is -0.570. The molecule has 0 saturated heterocycles. The van der Waals surface area contributed by atoms with Crippen molar-refractivity contribution in [2.75, 3.05) is 5.73 Å². The average molecular weight is 255 g/mol. The Kier molecular flexibility index (Phi) is 3.06. The number of hydrogen-bond donors (Lipinski definition) is 1. The minimum absolute atomic E-state index is 0.619. The van der Waals surface area contributed by atoms with Crippen molar-refractivity contribution in [2.24, 2.45) is 0 Å². The lowest BCUT2D eigenvalue weighted by atomic mass is 9.84. The van der Waals surface area contributed by atoms with Crippen molar-refractivity contribution < 1.29 is 0 Å². The summed E-state index contributed by atoms with van der Waals surface area (Å²) in [5, 5.41) is 0. The minimum Gasteiger partial charge on any atom is -0.383 e. The summed E-state index contributed by atoms with van der Waals surface area (Å²) in [6, 6.07) is 2.09. The molecule has 2 N–H and O–H groups in total. The summed E-state index contributed by atoms with van der Waals surface area (Å²) in [4.78, 5) is 4.07. The molecule has 0 aliphatic heterocycles. The van der Waals surface area contributed by atoms with Gasteiger partial charge in [-0.3, -0.25) is 0 Å². The topological polar surface area (TPSA) is 38.9 Å². The normalized spacial score (nSPS) is 18.4. The number of aromatic nitrogens is 1. The fourth-order valence-electron chi connectivity index (χ4n) is 2.20. The number of nitrogens with two attached hydrogens (primary N) is 1. The minimum atomic E-state index is 0.619. The first-order chi connectivity index (χ1) is 6.79. The quantitative estimate of drug-likeness (QED) is 0.834. The van der Waals surface area contributed by atoms with Gasteiger partial charge in [-0.25, -0.2) is 4.98 Å². The Labute approximate surface area is 93.0 Å². The molecular formula is C11H15BrN2. The van der Waals surface area contributed by atoms with Crippen molar-refractivity contribution in [2.45, 2.75) is 38.0 Å². The molecule has 1 saturated carbocycles. The first-order valence-corrected chi connectivity index (χ1v) is 5.98. The van der Waals surface area contributed by atoms with Crippen molar-refractivity contribution in [3.05, 3.63) is 22.3 Å². The van der Waals surface area contributed by atoms with Crippen LogP contribution in [0.4, 0.5) is 5.82 Å². The molecule has 0 unspecified atom stereocenters. The summed E-state index contributed by atoms with van der Waals surface area (Å²) in [6.45, 7) is 0. The first-order valence-electron chi connectivity index (χ1n) is 5.19. The van der Waals surface area contributed by atoms with E-state index in [0.717, 1.165) is 4.47 Å². The molecule has 0 aromatic carbocycles. The molecule has 76 valence electrons. The van der Waals surface area contributed by atoms with Gasteiger partial charge in [0.1, 0.15) is 5.82 Å². The van der Waals surface area contributed by atoms with Gasteiger partial charge in [-0.1, -0.05) is 19.3 Å². The molecule has 0 atom stereocenters. The van der Waals surface area contributed by atoms with E-state index in [1.807, 2.05) is 6.20 Å². The third kappa shape index (κ3) is 1.92. The highest BCUT2D eigenvalue weighted by molar-refractivity contribution is 9.10. The van der Waals surface area contributed by atoms with Crippen LogP contribution in [0.25, 0.3) is 0 Å². The fraction of sp³-hybridized carbons (Fsp3) is 0.545. The highest BCUT2D eigenvalue weighted by Gasteiger charge is 2.18. The largest absolute Gasteiger partial charge is 0.383 e. The van der Waals surface area contributed by atoms with Crippen LogP contribution < -0.4 is 5.73 Å². The number of nitrogens with zero attached hydrogens (tertiary/aromatic N) is 1. The SMILES string of the molecule is Nc1nccc(C2CCCCC2)c1Br. The standard InChI is InChI=1S/C11H15BrN2/c12-10-9(6-7-14-11(10)13)8-4-2-1-3-5-8/h6-8H,1-5H2,(H2,13,14). The van der Waals surface area contributed by atoms with E-state index >= 15 is 0 Å². The zero-order chi connectivity index (χ0) is 9.97. The van der Waals surface area contributed by atoms with Crippen molar-refractivity contribution in [1.82, 2.24) is 4.98 Å². The van der Waals surface area contributed by atoms with Crippen LogP contribution in [-0.4, -0.2) is 4.98 Å². The van der Waals surface area contributed by atoms with Crippen molar-refractivity contribution in [1.29, 1.82) is 0 Å². The van der Waals surface area contributed by atoms with Crippen molar-refractivity contribution >= 4 is 21.7 Å². The van der Waals surface area contributed by atoms with Gasteiger partial charge in [0, 0.05) is 6.20 Å². The third-order valence-corrected chi connectivity index (χ3v) is 3.86. The van der Waals surface area contributed by atoms with Crippen LogP contribution in [0, 0.1) is 0 Å². The molecule has 0 amide bonds. The van der Waals surface area contributed by atoms with Gasteiger partial charge in [-0.05, 0) is 46.3 Å². The number of pyridine rings is 1. The number of nitrogen functional groups attached to an aromatic ring is 1. The number of hydrogen-bond acceptors (Lipinski definition) is 2. The van der Waals surface area contributed by atoms with E-state index in [4.69, 9.17) is 5.73 Å². The van der Waals surface area contributed by atoms with Gasteiger partial charge >= 0.3 is 0 Å². The Morgan fingerprint density at radius 2 is 2.00 bits per heavy atom. The Morgan fingerprint density at radius 1 is 1.29 bits per heavy atom. The zero-order valence-corrected chi connectivity index (χ0v) is 9.76. The Bertz CT molecular complexity index is 319. The van der Waals surface area contributed by atoms with Crippen LogP contribution in [0.3, 0.4) is 0 Å². The molecule has 0 spiro atoms. The molecule has 1 aromatic heterocycles. The van der Waals surface area contributed by atoms with E-state index in [1.165, 1.54) is 37.7 Å². The first kappa shape index (κ1) is 9.97. The van der Waals surface area contributed by atoms with Gasteiger partial charge in [0.25, 0.3) is 0 Å². The molecule has 0 radical (unpaired) electrons. The second-order valence-electron chi connectivity index (χ2n) is 3.93. The molecule has 14 heavy (non-hydrogen) atoms. The molecule has 3 heteroatoms. The van der Waals surface area contributed by atoms with E-state index < -0.39 is 0 Å². The predicted octanol–water partition coefficient (Wildman–Crippen LogP) is 3.47. The molecule has 1 aromatic rings. The van der Waals surface area contributed by atoms with Gasteiger partial charge < -0.3 is 5.73 Å². The number of halogens is 1. The second-order valence-corrected chi connectivity index (χ2v) is 4.73. The van der Waals surface area contributed by atoms with Crippen LogP contribution in [0.2, 0.25) is 0 Å². The third-order valence-electron chi connectivity index (χ3n) is 2.99. The zero-order valence-electron chi connectivity index (χ0n) is 8.17. The Morgan fingerprint density at radius 3 is 2.71 bits per heavy atom. The van der Waals surface area contributed by atoms with Gasteiger partial charge in [0.2, 0.25) is 0 Å². The summed E-state index contributed by atoms with van der Waals surface area (Å²) < 4.78 is 1.01. The van der Waals surface area contributed by atoms with Crippen LogP contribution in [0.1, 0.15) is 43.6 Å². The van der Waals surface area contributed by atoms with Crippen molar-refractivity contribution in [3.63, 3.8) is 0 Å². The van der Waals surface area contributed by atoms with E-state index in [1.54, 1.807) is 0 Å². The summed E-state index contributed by atoms with van der Waals surface area (Å²) >= 11 is 3.53. The molecule has 2 rings (SSSR count). The van der Waals surface area contributed by atoms with E-state index in [9.17, 15) is 0 Å². The maximum atomic E-state index is 5.77. The van der Waals surface area contributed by atoms with E-state index in [-0.39, 0.29) is 0 Å². The summed E-state index contributed by atoms with van der Waals surface area (Å²) in [5.41, 5.74) is 7.11. The molecule has 1 aliphatic rings. The lowest BCUT2D eigenvalue weighted by Gasteiger charge is -2.23. The predicted molar refractivity (Wildman–Crippen MR) is 62.2 cm³/mol. The maximum Gasteiger partial charge on any atom is 0.137 e. The molecule has 1 heterocycles. The maximum absolute atomic E-state index is 5.77. The molecular weight excluding hydrogens is 240 g/mol. The number of anilines is 1. The lowest BCUT2D eigenvalue weighted by molar-refractivity contribution is 0.442. The van der Waals surface area contributed by atoms with Gasteiger partial charge in [0.05, 0.1) is 4.47 Å². The fourth-order valence-corrected chi connectivity index (χ4v) is 2.76. The highest BCUT2D eigenvalue weighted by Crippen LogP contribution is 2.37. The van der Waals surface area contributed by atoms with Crippen LogP contribution in [-0.2, 0) is 0 Å². The summed E-state index contributed by atoms with van der Waals surface area (Å²) in [5.74, 6) is 1.30. The van der Waals surface area contributed by atoms with Gasteiger partial charge in [0.15, 0.2) is 0 Å². The van der Waals surface area contributed by atoms with Gasteiger partial charge in [-0.15, -0.1) is 0 Å². The monoisotopic (exact) mass is 254 g/mol. The molecule has 1 fully saturated rings. The van der Waals surface area contributed by atoms with Crippen molar-refractivity contribution in [3.8, 4) is 0 Å². The average Bonchev–Trinajstić information content (AvgIpc) is 2.23. The van der Waals surface area contributed by atoms with Crippen LogP contribution in [0.5, 0.6) is 0 Å². The summed E-state index contributed by atoms with van der Waals surface area (Å²) in [6.07, 6.45) is 8.47. The Balaban J connectivity index is 2.26. The highest BCUT2D eigenvalue weighted by atomic mass is 79.9. The van der Waals surface area contributed by atoms with E-state index in [2.05, 4.69) is 27.0 Å². The van der Waals surface area contributed by atoms with Gasteiger partial charge in [-0.2, -0.15) is 0 Å². The van der Waals surface area contributed by atoms with Crippen LogP contribution >= 0.6 is 15.9 Å². The lowest BCUT2D eigenvalue weighted by Crippen LogP contribution is -2.06. The van der Waals surface area contributed by atoms with E-state index in [0.29, 0.717) is 11.7 Å². The molecule has 0 bridgehead atoms. The smallest absolute Gasteiger partial charge is 0.137 e. The van der Waals surface area contributed by atoms with Crippen LogP contribution in [0.15, 0.2) is 16.7 Å². The second kappa shape index (κ2) is 4.30. The summed E-state index contributed by atoms with van der Waals surface area (Å²) in [7, 11) is 0. The molecule has 1 aliphatic carbocycles. The molecule has 2 nitrogen and oxygen atoms in total. The number of rotatable bonds is 1.